The topological polar surface area (TPSA) is 55.2 Å². The molecular formula is C15H13IN2O2. The Labute approximate surface area is 130 Å². The molecule has 2 unspecified atom stereocenters. The van der Waals surface area contributed by atoms with Gasteiger partial charge in [0.05, 0.1) is 4.92 Å². The summed E-state index contributed by atoms with van der Waals surface area (Å²) in [5, 5.41) is 14.2. The maximum absolute atomic E-state index is 10.7. The molecule has 0 spiro atoms. The zero-order valence-corrected chi connectivity index (χ0v) is 12.8. The summed E-state index contributed by atoms with van der Waals surface area (Å²) in [5.41, 5.74) is 2.46. The standard InChI is InChI=1S/C15H13IN2O2/c16-13-8-11(18(19)20)6-7-14(13)17-15-9-12(15)10-4-2-1-3-5-10/h1-8,12,15,17H,9H2. The molecule has 0 bridgehead atoms. The van der Waals surface area contributed by atoms with Crippen LogP contribution in [0.25, 0.3) is 0 Å². The molecule has 5 heteroatoms. The third-order valence-electron chi connectivity index (χ3n) is 3.52. The van der Waals surface area contributed by atoms with Gasteiger partial charge in [0.15, 0.2) is 0 Å². The van der Waals surface area contributed by atoms with Crippen LogP contribution in [0.4, 0.5) is 11.4 Å². The SMILES string of the molecule is O=[N+]([O-])c1ccc(NC2CC2c2ccccc2)c(I)c1. The van der Waals surface area contributed by atoms with Crippen LogP contribution in [0.15, 0.2) is 48.5 Å². The lowest BCUT2D eigenvalue weighted by molar-refractivity contribution is -0.384. The van der Waals surface area contributed by atoms with Crippen LogP contribution in [0.2, 0.25) is 0 Å². The van der Waals surface area contributed by atoms with Crippen LogP contribution >= 0.6 is 22.6 Å². The van der Waals surface area contributed by atoms with E-state index in [-0.39, 0.29) is 10.6 Å². The summed E-state index contributed by atoms with van der Waals surface area (Å²) in [7, 11) is 0. The summed E-state index contributed by atoms with van der Waals surface area (Å²) >= 11 is 2.14. The number of anilines is 1. The average Bonchev–Trinajstić information content (AvgIpc) is 3.21. The molecule has 1 aliphatic rings. The van der Waals surface area contributed by atoms with Crippen molar-refractivity contribution in [2.45, 2.75) is 18.4 Å². The van der Waals surface area contributed by atoms with Crippen LogP contribution in [0.3, 0.4) is 0 Å². The number of nitrogens with zero attached hydrogens (tertiary/aromatic N) is 1. The molecule has 102 valence electrons. The summed E-state index contributed by atoms with van der Waals surface area (Å²) in [6, 6.07) is 15.8. The summed E-state index contributed by atoms with van der Waals surface area (Å²) in [6.45, 7) is 0. The molecule has 1 aliphatic carbocycles. The minimum absolute atomic E-state index is 0.135. The Kier molecular flexibility index (Phi) is 3.60. The zero-order valence-electron chi connectivity index (χ0n) is 10.6. The normalized spacial score (nSPS) is 20.4. The molecule has 4 nitrogen and oxygen atoms in total. The summed E-state index contributed by atoms with van der Waals surface area (Å²) < 4.78 is 0.885. The van der Waals surface area contributed by atoms with Crippen LogP contribution in [0, 0.1) is 13.7 Å². The van der Waals surface area contributed by atoms with E-state index in [4.69, 9.17) is 0 Å². The number of benzene rings is 2. The first-order valence-corrected chi connectivity index (χ1v) is 7.48. The quantitative estimate of drug-likeness (QED) is 0.492. The average molecular weight is 380 g/mol. The van der Waals surface area contributed by atoms with E-state index >= 15 is 0 Å². The van der Waals surface area contributed by atoms with Crippen molar-refractivity contribution < 1.29 is 4.92 Å². The lowest BCUT2D eigenvalue weighted by Crippen LogP contribution is -2.05. The van der Waals surface area contributed by atoms with Gasteiger partial charge >= 0.3 is 0 Å². The van der Waals surface area contributed by atoms with Crippen molar-refractivity contribution in [3.63, 3.8) is 0 Å². The predicted molar refractivity (Wildman–Crippen MR) is 87.0 cm³/mol. The number of hydrogen-bond donors (Lipinski definition) is 1. The molecule has 0 radical (unpaired) electrons. The minimum atomic E-state index is -0.365. The first kappa shape index (κ1) is 13.4. The van der Waals surface area contributed by atoms with Gasteiger partial charge in [-0.1, -0.05) is 30.3 Å². The summed E-state index contributed by atoms with van der Waals surface area (Å²) in [4.78, 5) is 10.4. The Morgan fingerprint density at radius 1 is 1.20 bits per heavy atom. The van der Waals surface area contributed by atoms with E-state index in [1.54, 1.807) is 18.2 Å². The van der Waals surface area contributed by atoms with Crippen molar-refractivity contribution in [1.82, 2.24) is 0 Å². The van der Waals surface area contributed by atoms with E-state index in [9.17, 15) is 10.1 Å². The van der Waals surface area contributed by atoms with Crippen molar-refractivity contribution in [3.8, 4) is 0 Å². The maximum Gasteiger partial charge on any atom is 0.270 e. The van der Waals surface area contributed by atoms with Crippen molar-refractivity contribution in [2.24, 2.45) is 0 Å². The fourth-order valence-corrected chi connectivity index (χ4v) is 3.01. The Morgan fingerprint density at radius 2 is 1.95 bits per heavy atom. The van der Waals surface area contributed by atoms with Gasteiger partial charge in [-0.2, -0.15) is 0 Å². The van der Waals surface area contributed by atoms with Crippen molar-refractivity contribution in [2.75, 3.05) is 5.32 Å². The van der Waals surface area contributed by atoms with Gasteiger partial charge in [0, 0.05) is 33.4 Å². The van der Waals surface area contributed by atoms with Crippen LogP contribution in [-0.4, -0.2) is 11.0 Å². The van der Waals surface area contributed by atoms with E-state index in [1.165, 1.54) is 5.56 Å². The van der Waals surface area contributed by atoms with Gasteiger partial charge in [-0.25, -0.2) is 0 Å². The number of halogens is 1. The molecule has 0 amide bonds. The van der Waals surface area contributed by atoms with Crippen molar-refractivity contribution in [3.05, 3.63) is 67.8 Å². The van der Waals surface area contributed by atoms with E-state index in [2.05, 4.69) is 52.2 Å². The van der Waals surface area contributed by atoms with Gasteiger partial charge in [0.25, 0.3) is 5.69 Å². The monoisotopic (exact) mass is 380 g/mol. The molecular weight excluding hydrogens is 367 g/mol. The Hall–Kier alpha value is -1.63. The molecule has 2 aromatic rings. The smallest absolute Gasteiger partial charge is 0.270 e. The molecule has 0 saturated heterocycles. The third kappa shape index (κ3) is 2.77. The van der Waals surface area contributed by atoms with Gasteiger partial charge in [-0.3, -0.25) is 10.1 Å². The molecule has 20 heavy (non-hydrogen) atoms. The lowest BCUT2D eigenvalue weighted by atomic mass is 10.1. The van der Waals surface area contributed by atoms with E-state index in [0.717, 1.165) is 15.7 Å². The van der Waals surface area contributed by atoms with Gasteiger partial charge in [0.2, 0.25) is 0 Å². The highest BCUT2D eigenvalue weighted by molar-refractivity contribution is 14.1. The molecule has 2 atom stereocenters. The summed E-state index contributed by atoms with van der Waals surface area (Å²) in [6.07, 6.45) is 1.11. The fourth-order valence-electron chi connectivity index (χ4n) is 2.36. The second-order valence-electron chi connectivity index (χ2n) is 4.92. The van der Waals surface area contributed by atoms with Gasteiger partial charge in [-0.15, -0.1) is 0 Å². The van der Waals surface area contributed by atoms with E-state index < -0.39 is 0 Å². The number of hydrogen-bond acceptors (Lipinski definition) is 3. The molecule has 2 aromatic carbocycles. The van der Waals surface area contributed by atoms with Gasteiger partial charge < -0.3 is 5.32 Å². The fraction of sp³-hybridized carbons (Fsp3) is 0.200. The predicted octanol–water partition coefficient (Wildman–Crippen LogP) is 4.17. The number of non-ortho nitro benzene ring substituents is 1. The van der Waals surface area contributed by atoms with Crippen LogP contribution in [0.5, 0.6) is 0 Å². The Morgan fingerprint density at radius 3 is 2.60 bits per heavy atom. The molecule has 1 fully saturated rings. The maximum atomic E-state index is 10.7. The lowest BCUT2D eigenvalue weighted by Gasteiger charge is -2.08. The molecule has 1 saturated carbocycles. The number of nitro groups is 1. The second-order valence-corrected chi connectivity index (χ2v) is 6.09. The highest BCUT2D eigenvalue weighted by Crippen LogP contribution is 2.43. The molecule has 0 aromatic heterocycles. The molecule has 1 N–H and O–H groups in total. The number of rotatable bonds is 4. The minimum Gasteiger partial charge on any atom is -0.381 e. The largest absolute Gasteiger partial charge is 0.381 e. The first-order chi connectivity index (χ1) is 9.65. The molecule has 0 aliphatic heterocycles. The van der Waals surface area contributed by atoms with Crippen molar-refractivity contribution in [1.29, 1.82) is 0 Å². The summed E-state index contributed by atoms with van der Waals surface area (Å²) in [5.74, 6) is 0.544. The number of nitro benzene ring substituents is 1. The van der Waals surface area contributed by atoms with Crippen molar-refractivity contribution >= 4 is 34.0 Å². The molecule has 0 heterocycles. The number of nitrogens with one attached hydrogen (secondary N) is 1. The highest BCUT2D eigenvalue weighted by Gasteiger charge is 2.38. The van der Waals surface area contributed by atoms with Crippen LogP contribution in [-0.2, 0) is 0 Å². The third-order valence-corrected chi connectivity index (χ3v) is 4.42. The van der Waals surface area contributed by atoms with Gasteiger partial charge in [-0.05, 0) is 40.6 Å². The molecule has 3 rings (SSSR count). The second kappa shape index (κ2) is 5.40. The van der Waals surface area contributed by atoms with Crippen LogP contribution in [0.1, 0.15) is 17.9 Å². The first-order valence-electron chi connectivity index (χ1n) is 6.40. The van der Waals surface area contributed by atoms with E-state index in [0.29, 0.717) is 12.0 Å². The van der Waals surface area contributed by atoms with Crippen LogP contribution < -0.4 is 5.32 Å². The van der Waals surface area contributed by atoms with E-state index in [1.807, 2.05) is 6.07 Å². The Bertz CT molecular complexity index is 646. The highest BCUT2D eigenvalue weighted by atomic mass is 127. The van der Waals surface area contributed by atoms with Gasteiger partial charge in [0.1, 0.15) is 0 Å². The zero-order chi connectivity index (χ0) is 14.1. The Balaban J connectivity index is 1.70.